The van der Waals surface area contributed by atoms with Gasteiger partial charge in [-0.05, 0) is 26.5 Å². The average molecular weight is 262 g/mol. The normalized spacial score (nSPS) is 12.1. The van der Waals surface area contributed by atoms with Crippen molar-refractivity contribution in [2.45, 2.75) is 20.3 Å². The topological polar surface area (TPSA) is 23.6 Å². The standard InChI is InChI=1S/C16H26N2O/c1-5-7-8-9-11-16(3)14-18(15-19)13-10-12-17(4)6-2/h5-9,11,15H,2,10,12-14H2,1,3-4H3/b7-5-,9-8-,16-11+. The van der Waals surface area contributed by atoms with Crippen molar-refractivity contribution in [3.8, 4) is 0 Å². The number of rotatable bonds is 10. The predicted molar refractivity (Wildman–Crippen MR) is 82.8 cm³/mol. The van der Waals surface area contributed by atoms with Gasteiger partial charge in [0.2, 0.25) is 6.41 Å². The highest BCUT2D eigenvalue weighted by Gasteiger charge is 2.02. The number of hydrogen-bond acceptors (Lipinski definition) is 2. The van der Waals surface area contributed by atoms with Crippen LogP contribution in [0.25, 0.3) is 0 Å². The van der Waals surface area contributed by atoms with E-state index in [-0.39, 0.29) is 0 Å². The Morgan fingerprint density at radius 1 is 1.21 bits per heavy atom. The molecule has 0 heterocycles. The lowest BCUT2D eigenvalue weighted by Crippen LogP contribution is -2.27. The summed E-state index contributed by atoms with van der Waals surface area (Å²) in [7, 11) is 1.98. The van der Waals surface area contributed by atoms with E-state index < -0.39 is 0 Å². The van der Waals surface area contributed by atoms with Crippen LogP contribution in [0.15, 0.2) is 48.7 Å². The van der Waals surface area contributed by atoms with Crippen LogP contribution in [0.2, 0.25) is 0 Å². The highest BCUT2D eigenvalue weighted by Crippen LogP contribution is 1.99. The molecule has 0 atom stereocenters. The number of carbonyl (C=O) groups is 1. The second-order valence-corrected chi connectivity index (χ2v) is 4.52. The van der Waals surface area contributed by atoms with Crippen LogP contribution in [0, 0.1) is 0 Å². The number of amides is 1. The van der Waals surface area contributed by atoms with Gasteiger partial charge in [0, 0.05) is 26.7 Å². The van der Waals surface area contributed by atoms with Crippen LogP contribution in [-0.2, 0) is 4.79 Å². The molecule has 0 spiro atoms. The first kappa shape index (κ1) is 17.2. The van der Waals surface area contributed by atoms with Crippen molar-refractivity contribution >= 4 is 6.41 Å². The minimum Gasteiger partial charge on any atom is -0.381 e. The molecular weight excluding hydrogens is 236 g/mol. The van der Waals surface area contributed by atoms with Crippen LogP contribution in [-0.4, -0.2) is 42.9 Å². The van der Waals surface area contributed by atoms with Crippen molar-refractivity contribution in [1.29, 1.82) is 0 Å². The predicted octanol–water partition coefficient (Wildman–Crippen LogP) is 2.99. The fourth-order valence-corrected chi connectivity index (χ4v) is 1.55. The Balaban J connectivity index is 4.10. The first-order chi connectivity index (χ1) is 9.13. The van der Waals surface area contributed by atoms with E-state index in [0.717, 1.165) is 25.9 Å². The molecule has 3 nitrogen and oxygen atoms in total. The van der Waals surface area contributed by atoms with Crippen LogP contribution in [0.3, 0.4) is 0 Å². The van der Waals surface area contributed by atoms with Crippen LogP contribution >= 0.6 is 0 Å². The summed E-state index contributed by atoms with van der Waals surface area (Å²) in [4.78, 5) is 14.8. The van der Waals surface area contributed by atoms with Crippen LogP contribution in [0.5, 0.6) is 0 Å². The van der Waals surface area contributed by atoms with Gasteiger partial charge >= 0.3 is 0 Å². The Morgan fingerprint density at radius 3 is 2.53 bits per heavy atom. The molecule has 0 aliphatic rings. The smallest absolute Gasteiger partial charge is 0.209 e. The molecule has 0 aromatic carbocycles. The van der Waals surface area contributed by atoms with Crippen molar-refractivity contribution < 1.29 is 4.79 Å². The molecule has 0 rings (SSSR count). The lowest BCUT2D eigenvalue weighted by Gasteiger charge is -2.19. The molecule has 0 aliphatic carbocycles. The van der Waals surface area contributed by atoms with E-state index in [1.165, 1.54) is 5.57 Å². The Morgan fingerprint density at radius 2 is 1.95 bits per heavy atom. The second kappa shape index (κ2) is 11.3. The number of allylic oxidation sites excluding steroid dienone is 5. The van der Waals surface area contributed by atoms with Crippen molar-refractivity contribution in [3.63, 3.8) is 0 Å². The third-order valence-electron chi connectivity index (χ3n) is 2.66. The molecule has 3 heteroatoms. The molecule has 0 saturated heterocycles. The first-order valence-electron chi connectivity index (χ1n) is 6.61. The molecule has 0 bridgehead atoms. The van der Waals surface area contributed by atoms with E-state index in [1.807, 2.05) is 56.2 Å². The number of nitrogens with zero attached hydrogens (tertiary/aromatic N) is 2. The fourth-order valence-electron chi connectivity index (χ4n) is 1.55. The van der Waals surface area contributed by atoms with E-state index in [1.54, 1.807) is 11.1 Å². The molecule has 0 unspecified atom stereocenters. The highest BCUT2D eigenvalue weighted by molar-refractivity contribution is 5.47. The summed E-state index contributed by atoms with van der Waals surface area (Å²) in [6.07, 6.45) is 13.6. The van der Waals surface area contributed by atoms with Gasteiger partial charge in [-0.2, -0.15) is 0 Å². The van der Waals surface area contributed by atoms with Gasteiger partial charge < -0.3 is 9.80 Å². The Hall–Kier alpha value is -1.77. The van der Waals surface area contributed by atoms with Gasteiger partial charge in [-0.1, -0.05) is 42.5 Å². The monoisotopic (exact) mass is 262 g/mol. The van der Waals surface area contributed by atoms with E-state index in [4.69, 9.17) is 0 Å². The molecule has 0 radical (unpaired) electrons. The summed E-state index contributed by atoms with van der Waals surface area (Å²) in [5.74, 6) is 0. The summed E-state index contributed by atoms with van der Waals surface area (Å²) in [5.41, 5.74) is 1.17. The van der Waals surface area contributed by atoms with Crippen molar-refractivity contribution in [2.75, 3.05) is 26.7 Å². The van der Waals surface area contributed by atoms with Gasteiger partial charge in [0.25, 0.3) is 0 Å². The third-order valence-corrected chi connectivity index (χ3v) is 2.66. The number of carbonyl (C=O) groups excluding carboxylic acids is 1. The lowest BCUT2D eigenvalue weighted by atomic mass is 10.2. The largest absolute Gasteiger partial charge is 0.381 e. The summed E-state index contributed by atoms with van der Waals surface area (Å²) in [6, 6.07) is 0. The molecule has 0 aromatic rings. The van der Waals surface area contributed by atoms with Crippen LogP contribution in [0.4, 0.5) is 0 Å². The fraction of sp³-hybridized carbons (Fsp3) is 0.438. The maximum absolute atomic E-state index is 11.0. The zero-order chi connectivity index (χ0) is 14.5. The van der Waals surface area contributed by atoms with E-state index >= 15 is 0 Å². The maximum atomic E-state index is 11.0. The van der Waals surface area contributed by atoms with E-state index in [2.05, 4.69) is 6.58 Å². The molecular formula is C16H26N2O. The highest BCUT2D eigenvalue weighted by atomic mass is 16.1. The molecule has 0 fully saturated rings. The van der Waals surface area contributed by atoms with Crippen molar-refractivity contribution in [1.82, 2.24) is 9.80 Å². The second-order valence-electron chi connectivity index (χ2n) is 4.52. The van der Waals surface area contributed by atoms with Gasteiger partial charge in [0.1, 0.15) is 0 Å². The molecule has 0 N–H and O–H groups in total. The van der Waals surface area contributed by atoms with Gasteiger partial charge in [0.05, 0.1) is 0 Å². The van der Waals surface area contributed by atoms with Gasteiger partial charge in [-0.25, -0.2) is 0 Å². The Bertz CT molecular complexity index is 343. The summed E-state index contributed by atoms with van der Waals surface area (Å²) >= 11 is 0. The summed E-state index contributed by atoms with van der Waals surface area (Å²) < 4.78 is 0. The quantitative estimate of drug-likeness (QED) is 0.446. The summed E-state index contributed by atoms with van der Waals surface area (Å²) in [5, 5.41) is 0. The molecule has 0 aliphatic heterocycles. The zero-order valence-corrected chi connectivity index (χ0v) is 12.4. The average Bonchev–Trinajstić information content (AvgIpc) is 2.42. The molecule has 0 saturated carbocycles. The maximum Gasteiger partial charge on any atom is 0.209 e. The SMILES string of the molecule is C=CN(C)CCCN(C=O)C/C(C)=C/C=C\C=C/C. The van der Waals surface area contributed by atoms with E-state index in [0.29, 0.717) is 6.54 Å². The molecule has 106 valence electrons. The Labute approximate surface area is 117 Å². The molecule has 0 aromatic heterocycles. The van der Waals surface area contributed by atoms with Crippen LogP contribution in [0.1, 0.15) is 20.3 Å². The lowest BCUT2D eigenvalue weighted by molar-refractivity contribution is -0.117. The van der Waals surface area contributed by atoms with Gasteiger partial charge in [-0.3, -0.25) is 4.79 Å². The van der Waals surface area contributed by atoms with Gasteiger partial charge in [-0.15, -0.1) is 0 Å². The minimum absolute atomic E-state index is 0.682. The third kappa shape index (κ3) is 9.89. The molecule has 19 heavy (non-hydrogen) atoms. The van der Waals surface area contributed by atoms with Crippen LogP contribution < -0.4 is 0 Å². The number of hydrogen-bond donors (Lipinski definition) is 0. The zero-order valence-electron chi connectivity index (χ0n) is 12.4. The first-order valence-corrected chi connectivity index (χ1v) is 6.61. The van der Waals surface area contributed by atoms with Gasteiger partial charge in [0.15, 0.2) is 0 Å². The Kier molecular flexibility index (Phi) is 10.3. The minimum atomic E-state index is 0.682. The summed E-state index contributed by atoms with van der Waals surface area (Å²) in [6.45, 7) is 10.1. The van der Waals surface area contributed by atoms with E-state index in [9.17, 15) is 4.79 Å². The van der Waals surface area contributed by atoms with Crippen molar-refractivity contribution in [3.05, 3.63) is 48.7 Å². The molecule has 1 amide bonds. The van der Waals surface area contributed by atoms with Crippen molar-refractivity contribution in [2.24, 2.45) is 0 Å².